The topological polar surface area (TPSA) is 66.5 Å². The first kappa shape index (κ1) is 16.4. The first-order valence-electron chi connectivity index (χ1n) is 7.42. The highest BCUT2D eigenvalue weighted by Crippen LogP contribution is 2.25. The summed E-state index contributed by atoms with van der Waals surface area (Å²) in [4.78, 5) is 37.4. The molecule has 0 radical (unpaired) electrons. The summed E-state index contributed by atoms with van der Waals surface area (Å²) in [5.41, 5.74) is 1.91. The van der Waals surface area contributed by atoms with Gasteiger partial charge in [-0.05, 0) is 36.8 Å². The lowest BCUT2D eigenvalue weighted by molar-refractivity contribution is 0.0693. The molecule has 2 aromatic rings. The Morgan fingerprint density at radius 1 is 1.08 bits per heavy atom. The van der Waals surface area contributed by atoms with Crippen molar-refractivity contribution >= 4 is 33.7 Å². The Hall–Kier alpha value is -2.47. The number of fused-ring (bicyclic) bond motifs is 1. The fraction of sp³-hybridized carbons (Fsp3) is 0.167. The minimum absolute atomic E-state index is 0.207. The predicted molar refractivity (Wildman–Crippen MR) is 92.9 cm³/mol. The molecule has 1 aliphatic heterocycles. The summed E-state index contributed by atoms with van der Waals surface area (Å²) in [6.45, 7) is 1.88. The summed E-state index contributed by atoms with van der Waals surface area (Å²) in [6, 6.07) is 12.0. The molecule has 0 aliphatic carbocycles. The Morgan fingerprint density at radius 2 is 1.75 bits per heavy atom. The van der Waals surface area contributed by atoms with Gasteiger partial charge in [-0.1, -0.05) is 34.1 Å². The first-order chi connectivity index (χ1) is 11.4. The second-order valence-electron chi connectivity index (χ2n) is 5.65. The quantitative estimate of drug-likeness (QED) is 0.823. The molecule has 0 unspecified atom stereocenters. The molecular formula is C18H15BrN2O3. The normalized spacial score (nSPS) is 14.5. The SMILES string of the molecule is C[C@@H](NC(=O)c1ccc2c(c1)C(=O)N(C)C2=O)c1ccccc1Br. The summed E-state index contributed by atoms with van der Waals surface area (Å²) < 4.78 is 0.911. The number of amides is 3. The molecule has 0 spiro atoms. The highest BCUT2D eigenvalue weighted by Gasteiger charge is 2.33. The van der Waals surface area contributed by atoms with Crippen LogP contribution in [0.25, 0.3) is 0 Å². The van der Waals surface area contributed by atoms with Crippen LogP contribution in [0.3, 0.4) is 0 Å². The minimum Gasteiger partial charge on any atom is -0.345 e. The third-order valence-corrected chi connectivity index (χ3v) is 4.79. The van der Waals surface area contributed by atoms with Crippen LogP contribution in [0.5, 0.6) is 0 Å². The van der Waals surface area contributed by atoms with Crippen molar-refractivity contribution in [2.45, 2.75) is 13.0 Å². The highest BCUT2D eigenvalue weighted by molar-refractivity contribution is 9.10. The molecule has 24 heavy (non-hydrogen) atoms. The number of hydrogen-bond donors (Lipinski definition) is 1. The van der Waals surface area contributed by atoms with E-state index in [4.69, 9.17) is 0 Å². The van der Waals surface area contributed by atoms with Gasteiger partial charge in [-0.3, -0.25) is 19.3 Å². The summed E-state index contributed by atoms with van der Waals surface area (Å²) >= 11 is 3.47. The zero-order valence-corrected chi connectivity index (χ0v) is 14.8. The monoisotopic (exact) mass is 386 g/mol. The second-order valence-corrected chi connectivity index (χ2v) is 6.50. The Labute approximate surface area is 147 Å². The first-order valence-corrected chi connectivity index (χ1v) is 8.21. The van der Waals surface area contributed by atoms with Crippen LogP contribution in [0.15, 0.2) is 46.9 Å². The van der Waals surface area contributed by atoms with Crippen molar-refractivity contribution in [2.24, 2.45) is 0 Å². The average molecular weight is 387 g/mol. The van der Waals surface area contributed by atoms with Gasteiger partial charge in [-0.2, -0.15) is 0 Å². The molecule has 1 aliphatic rings. The molecule has 0 saturated heterocycles. The van der Waals surface area contributed by atoms with Gasteiger partial charge in [0.2, 0.25) is 0 Å². The maximum atomic E-state index is 12.5. The standard InChI is InChI=1S/C18H15BrN2O3/c1-10(12-5-3-4-6-15(12)19)20-16(22)11-7-8-13-14(9-11)18(24)21(2)17(13)23/h3-10H,1-2H3,(H,20,22)/t10-/m1/s1. The van der Waals surface area contributed by atoms with Gasteiger partial charge in [0.1, 0.15) is 0 Å². The van der Waals surface area contributed by atoms with Crippen LogP contribution < -0.4 is 5.32 Å². The van der Waals surface area contributed by atoms with E-state index < -0.39 is 0 Å². The number of hydrogen-bond acceptors (Lipinski definition) is 3. The van der Waals surface area contributed by atoms with Crippen LogP contribution in [0, 0.1) is 0 Å². The van der Waals surface area contributed by atoms with Crippen LogP contribution >= 0.6 is 15.9 Å². The number of rotatable bonds is 3. The number of carbonyl (C=O) groups is 3. The predicted octanol–water partition coefficient (Wildman–Crippen LogP) is 3.17. The smallest absolute Gasteiger partial charge is 0.261 e. The number of nitrogens with one attached hydrogen (secondary N) is 1. The van der Waals surface area contributed by atoms with Gasteiger partial charge >= 0.3 is 0 Å². The van der Waals surface area contributed by atoms with E-state index in [1.165, 1.54) is 19.2 Å². The van der Waals surface area contributed by atoms with Crippen LogP contribution in [-0.2, 0) is 0 Å². The van der Waals surface area contributed by atoms with Crippen LogP contribution in [0.4, 0.5) is 0 Å². The summed E-state index contributed by atoms with van der Waals surface area (Å²) in [5, 5.41) is 2.90. The van der Waals surface area contributed by atoms with Gasteiger partial charge in [0, 0.05) is 17.1 Å². The molecule has 2 aromatic carbocycles. The van der Waals surface area contributed by atoms with E-state index in [0.29, 0.717) is 11.1 Å². The van der Waals surface area contributed by atoms with Crippen molar-refractivity contribution in [3.63, 3.8) is 0 Å². The van der Waals surface area contributed by atoms with E-state index in [1.54, 1.807) is 6.07 Å². The molecule has 0 bridgehead atoms. The zero-order chi connectivity index (χ0) is 17.4. The molecule has 0 saturated carbocycles. The minimum atomic E-state index is -0.386. The van der Waals surface area contributed by atoms with E-state index in [9.17, 15) is 14.4 Å². The van der Waals surface area contributed by atoms with Crippen molar-refractivity contribution < 1.29 is 14.4 Å². The molecular weight excluding hydrogens is 372 g/mol. The van der Waals surface area contributed by atoms with Crippen LogP contribution in [0.2, 0.25) is 0 Å². The van der Waals surface area contributed by atoms with Crippen molar-refractivity contribution in [3.8, 4) is 0 Å². The van der Waals surface area contributed by atoms with Gasteiger partial charge < -0.3 is 5.32 Å². The maximum absolute atomic E-state index is 12.5. The van der Waals surface area contributed by atoms with E-state index in [0.717, 1.165) is 14.9 Å². The Bertz CT molecular complexity index is 863. The molecule has 1 heterocycles. The zero-order valence-electron chi connectivity index (χ0n) is 13.2. The van der Waals surface area contributed by atoms with Crippen molar-refractivity contribution in [3.05, 3.63) is 69.2 Å². The fourth-order valence-electron chi connectivity index (χ4n) is 2.69. The van der Waals surface area contributed by atoms with Crippen molar-refractivity contribution in [2.75, 3.05) is 7.05 Å². The van der Waals surface area contributed by atoms with Crippen molar-refractivity contribution in [1.82, 2.24) is 10.2 Å². The number of halogens is 1. The molecule has 3 rings (SSSR count). The Balaban J connectivity index is 1.83. The van der Waals surface area contributed by atoms with E-state index in [2.05, 4.69) is 21.2 Å². The molecule has 122 valence electrons. The summed E-state index contributed by atoms with van der Waals surface area (Å²) in [6.07, 6.45) is 0. The van der Waals surface area contributed by atoms with Crippen molar-refractivity contribution in [1.29, 1.82) is 0 Å². The average Bonchev–Trinajstić information content (AvgIpc) is 2.79. The Kier molecular flexibility index (Phi) is 4.24. The second kappa shape index (κ2) is 6.20. The van der Waals surface area contributed by atoms with E-state index in [-0.39, 0.29) is 29.3 Å². The van der Waals surface area contributed by atoms with Crippen LogP contribution in [0.1, 0.15) is 49.6 Å². The molecule has 0 fully saturated rings. The van der Waals surface area contributed by atoms with Gasteiger partial charge in [0.15, 0.2) is 0 Å². The third-order valence-electron chi connectivity index (χ3n) is 4.07. The van der Waals surface area contributed by atoms with Gasteiger partial charge in [-0.15, -0.1) is 0 Å². The van der Waals surface area contributed by atoms with Gasteiger partial charge in [0.25, 0.3) is 17.7 Å². The maximum Gasteiger partial charge on any atom is 0.261 e. The summed E-state index contributed by atoms with van der Waals surface area (Å²) in [5.74, 6) is -1.03. The fourth-order valence-corrected chi connectivity index (χ4v) is 3.31. The highest BCUT2D eigenvalue weighted by atomic mass is 79.9. The van der Waals surface area contributed by atoms with E-state index in [1.807, 2.05) is 31.2 Å². The molecule has 1 atom stereocenters. The van der Waals surface area contributed by atoms with Gasteiger partial charge in [-0.25, -0.2) is 0 Å². The number of imide groups is 1. The van der Waals surface area contributed by atoms with E-state index >= 15 is 0 Å². The number of carbonyl (C=O) groups excluding carboxylic acids is 3. The largest absolute Gasteiger partial charge is 0.345 e. The molecule has 3 amide bonds. The third kappa shape index (κ3) is 2.73. The lowest BCUT2D eigenvalue weighted by atomic mass is 10.0. The van der Waals surface area contributed by atoms with Crippen LogP contribution in [-0.4, -0.2) is 29.7 Å². The molecule has 6 heteroatoms. The number of nitrogens with zero attached hydrogens (tertiary/aromatic N) is 1. The summed E-state index contributed by atoms with van der Waals surface area (Å²) in [7, 11) is 1.43. The molecule has 0 aromatic heterocycles. The Morgan fingerprint density at radius 3 is 2.46 bits per heavy atom. The lowest BCUT2D eigenvalue weighted by Crippen LogP contribution is -2.27. The van der Waals surface area contributed by atoms with Gasteiger partial charge in [0.05, 0.1) is 17.2 Å². The molecule has 1 N–H and O–H groups in total. The number of benzene rings is 2. The molecule has 5 nitrogen and oxygen atoms in total. The lowest BCUT2D eigenvalue weighted by Gasteiger charge is -2.16.